The molecule has 0 saturated carbocycles. The summed E-state index contributed by atoms with van der Waals surface area (Å²) < 4.78 is 0. The standard InChI is InChI=1S/C21H21N/c1-3-7-17-9-4-5-11-20(17)21-15-19(12-13-22-21)18-10-6-8-16(2)14-18/h3-15,21-22H,1-2H3/b7-3+. The molecule has 1 aliphatic rings. The molecule has 2 aromatic carbocycles. The van der Waals surface area contributed by atoms with Crippen molar-refractivity contribution in [2.24, 2.45) is 0 Å². The van der Waals surface area contributed by atoms with Crippen LogP contribution in [0.5, 0.6) is 0 Å². The van der Waals surface area contributed by atoms with Gasteiger partial charge in [0.15, 0.2) is 0 Å². The molecule has 1 atom stereocenters. The summed E-state index contributed by atoms with van der Waals surface area (Å²) in [5.41, 5.74) is 6.39. The summed E-state index contributed by atoms with van der Waals surface area (Å²) >= 11 is 0. The minimum absolute atomic E-state index is 0.202. The Balaban J connectivity index is 1.98. The first kappa shape index (κ1) is 14.4. The Morgan fingerprint density at radius 1 is 1.05 bits per heavy atom. The summed E-state index contributed by atoms with van der Waals surface area (Å²) in [4.78, 5) is 0. The minimum Gasteiger partial charge on any atom is -0.381 e. The molecule has 1 N–H and O–H groups in total. The van der Waals surface area contributed by atoms with Crippen molar-refractivity contribution in [3.63, 3.8) is 0 Å². The Morgan fingerprint density at radius 2 is 1.91 bits per heavy atom. The summed E-state index contributed by atoms with van der Waals surface area (Å²) in [5, 5.41) is 3.46. The second-order valence-corrected chi connectivity index (χ2v) is 5.60. The number of hydrogen-bond donors (Lipinski definition) is 1. The average molecular weight is 287 g/mol. The third kappa shape index (κ3) is 3.04. The fourth-order valence-electron chi connectivity index (χ4n) is 2.85. The number of dihydropyridines is 1. The van der Waals surface area contributed by atoms with E-state index in [4.69, 9.17) is 0 Å². The van der Waals surface area contributed by atoms with Crippen LogP contribution in [0.4, 0.5) is 0 Å². The first-order valence-corrected chi connectivity index (χ1v) is 7.71. The molecule has 1 heteroatoms. The molecule has 110 valence electrons. The van der Waals surface area contributed by atoms with Crippen LogP contribution in [-0.4, -0.2) is 0 Å². The number of aryl methyl sites for hydroxylation is 1. The summed E-state index contributed by atoms with van der Waals surface area (Å²) in [6.45, 7) is 4.19. The Labute approximate surface area is 132 Å². The first-order valence-electron chi connectivity index (χ1n) is 7.71. The van der Waals surface area contributed by atoms with Gasteiger partial charge in [0.05, 0.1) is 6.04 Å². The summed E-state index contributed by atoms with van der Waals surface area (Å²) in [6, 6.07) is 17.4. The lowest BCUT2D eigenvalue weighted by molar-refractivity contribution is 0.748. The normalized spacial score (nSPS) is 17.4. The van der Waals surface area contributed by atoms with E-state index >= 15 is 0 Å². The highest BCUT2D eigenvalue weighted by Gasteiger charge is 2.14. The lowest BCUT2D eigenvalue weighted by atomic mass is 9.93. The highest BCUT2D eigenvalue weighted by molar-refractivity contribution is 5.76. The van der Waals surface area contributed by atoms with E-state index in [9.17, 15) is 0 Å². The Bertz CT molecular complexity index is 750. The first-order chi connectivity index (χ1) is 10.8. The lowest BCUT2D eigenvalue weighted by Crippen LogP contribution is -2.17. The number of rotatable bonds is 3. The predicted molar refractivity (Wildman–Crippen MR) is 95.3 cm³/mol. The van der Waals surface area contributed by atoms with Gasteiger partial charge < -0.3 is 5.32 Å². The SMILES string of the molecule is C/C=C/c1ccccc1C1C=C(c2cccc(C)c2)C=CN1. The second-order valence-electron chi connectivity index (χ2n) is 5.60. The van der Waals surface area contributed by atoms with Crippen LogP contribution in [0.2, 0.25) is 0 Å². The smallest absolute Gasteiger partial charge is 0.0707 e. The van der Waals surface area contributed by atoms with Gasteiger partial charge >= 0.3 is 0 Å². The topological polar surface area (TPSA) is 12.0 Å². The number of allylic oxidation sites excluding steroid dienone is 3. The van der Waals surface area contributed by atoms with Crippen molar-refractivity contribution in [3.05, 3.63) is 95.2 Å². The molecule has 0 bridgehead atoms. The molecule has 3 rings (SSSR count). The molecular formula is C21H21N. The van der Waals surface area contributed by atoms with Gasteiger partial charge in [-0.05, 0) is 54.5 Å². The van der Waals surface area contributed by atoms with Gasteiger partial charge in [-0.3, -0.25) is 0 Å². The van der Waals surface area contributed by atoms with Crippen molar-refractivity contribution < 1.29 is 0 Å². The monoisotopic (exact) mass is 287 g/mol. The Kier molecular flexibility index (Phi) is 4.24. The van der Waals surface area contributed by atoms with E-state index in [2.05, 4.69) is 98.2 Å². The van der Waals surface area contributed by atoms with Crippen molar-refractivity contribution in [2.45, 2.75) is 19.9 Å². The van der Waals surface area contributed by atoms with Gasteiger partial charge in [0.1, 0.15) is 0 Å². The molecule has 22 heavy (non-hydrogen) atoms. The van der Waals surface area contributed by atoms with Crippen molar-refractivity contribution in [1.29, 1.82) is 0 Å². The van der Waals surface area contributed by atoms with Crippen LogP contribution in [0.25, 0.3) is 11.6 Å². The van der Waals surface area contributed by atoms with Crippen molar-refractivity contribution in [3.8, 4) is 0 Å². The molecule has 1 unspecified atom stereocenters. The second kappa shape index (κ2) is 6.48. The summed E-state index contributed by atoms with van der Waals surface area (Å²) in [5.74, 6) is 0. The maximum absolute atomic E-state index is 3.46. The van der Waals surface area contributed by atoms with E-state index in [1.165, 1.54) is 27.8 Å². The highest BCUT2D eigenvalue weighted by Crippen LogP contribution is 2.28. The van der Waals surface area contributed by atoms with E-state index in [0.717, 1.165) is 0 Å². The van der Waals surface area contributed by atoms with E-state index < -0.39 is 0 Å². The van der Waals surface area contributed by atoms with Gasteiger partial charge in [-0.25, -0.2) is 0 Å². The zero-order chi connectivity index (χ0) is 15.4. The number of nitrogens with one attached hydrogen (secondary N) is 1. The summed E-state index contributed by atoms with van der Waals surface area (Å²) in [6.07, 6.45) is 10.7. The van der Waals surface area contributed by atoms with E-state index in [0.29, 0.717) is 0 Å². The molecule has 0 spiro atoms. The van der Waals surface area contributed by atoms with Gasteiger partial charge in [0.2, 0.25) is 0 Å². The zero-order valence-corrected chi connectivity index (χ0v) is 13.1. The predicted octanol–water partition coefficient (Wildman–Crippen LogP) is 5.27. The van der Waals surface area contributed by atoms with Gasteiger partial charge in [-0.15, -0.1) is 0 Å². The minimum atomic E-state index is 0.202. The van der Waals surface area contributed by atoms with Gasteiger partial charge in [-0.1, -0.05) is 66.2 Å². The third-order valence-electron chi connectivity index (χ3n) is 3.91. The summed E-state index contributed by atoms with van der Waals surface area (Å²) in [7, 11) is 0. The van der Waals surface area contributed by atoms with E-state index in [-0.39, 0.29) is 6.04 Å². The van der Waals surface area contributed by atoms with Crippen LogP contribution in [-0.2, 0) is 0 Å². The van der Waals surface area contributed by atoms with Crippen LogP contribution >= 0.6 is 0 Å². The quantitative estimate of drug-likeness (QED) is 0.811. The molecule has 1 aliphatic heterocycles. The van der Waals surface area contributed by atoms with Gasteiger partial charge in [-0.2, -0.15) is 0 Å². The van der Waals surface area contributed by atoms with Crippen LogP contribution < -0.4 is 5.32 Å². The largest absolute Gasteiger partial charge is 0.381 e. The number of benzene rings is 2. The highest BCUT2D eigenvalue weighted by atomic mass is 14.9. The maximum atomic E-state index is 3.46. The van der Waals surface area contributed by atoms with Crippen LogP contribution in [0.15, 0.2) is 73.0 Å². The fourth-order valence-corrected chi connectivity index (χ4v) is 2.85. The molecule has 2 aromatic rings. The van der Waals surface area contributed by atoms with Crippen LogP contribution in [0, 0.1) is 6.92 Å². The maximum Gasteiger partial charge on any atom is 0.0707 e. The fraction of sp³-hybridized carbons (Fsp3) is 0.143. The van der Waals surface area contributed by atoms with Crippen molar-refractivity contribution in [2.75, 3.05) is 0 Å². The molecule has 0 fully saturated rings. The number of hydrogen-bond acceptors (Lipinski definition) is 1. The molecule has 0 amide bonds. The molecular weight excluding hydrogens is 266 g/mol. The molecule has 0 saturated heterocycles. The molecule has 0 aromatic heterocycles. The van der Waals surface area contributed by atoms with E-state index in [1.54, 1.807) is 0 Å². The Hall–Kier alpha value is -2.54. The van der Waals surface area contributed by atoms with Crippen molar-refractivity contribution >= 4 is 11.6 Å². The van der Waals surface area contributed by atoms with Gasteiger partial charge in [0.25, 0.3) is 0 Å². The Morgan fingerprint density at radius 3 is 2.73 bits per heavy atom. The molecule has 1 heterocycles. The lowest BCUT2D eigenvalue weighted by Gasteiger charge is -2.21. The van der Waals surface area contributed by atoms with Crippen molar-refractivity contribution in [1.82, 2.24) is 5.32 Å². The van der Waals surface area contributed by atoms with Crippen LogP contribution in [0.3, 0.4) is 0 Å². The zero-order valence-electron chi connectivity index (χ0n) is 13.1. The van der Waals surface area contributed by atoms with Gasteiger partial charge in [0, 0.05) is 0 Å². The molecule has 0 aliphatic carbocycles. The molecule has 0 radical (unpaired) electrons. The van der Waals surface area contributed by atoms with Crippen LogP contribution in [0.1, 0.15) is 35.2 Å². The van der Waals surface area contributed by atoms with E-state index in [1.807, 2.05) is 0 Å². The molecule has 1 nitrogen and oxygen atoms in total. The third-order valence-corrected chi connectivity index (χ3v) is 3.91. The average Bonchev–Trinajstić information content (AvgIpc) is 2.56.